The van der Waals surface area contributed by atoms with E-state index >= 15 is 0 Å². The quantitative estimate of drug-likeness (QED) is 0.800. The highest BCUT2D eigenvalue weighted by Gasteiger charge is 2.26. The molecule has 1 unspecified atom stereocenters. The molecule has 0 saturated heterocycles. The molecule has 1 aliphatic rings. The highest BCUT2D eigenvalue weighted by atomic mass is 16.5. The van der Waals surface area contributed by atoms with Crippen molar-refractivity contribution in [1.29, 1.82) is 0 Å². The number of benzene rings is 1. The van der Waals surface area contributed by atoms with Gasteiger partial charge in [-0.3, -0.25) is 4.79 Å². The highest BCUT2D eigenvalue weighted by molar-refractivity contribution is 6.00. The second-order valence-electron chi connectivity index (χ2n) is 5.67. The minimum atomic E-state index is -0.108. The van der Waals surface area contributed by atoms with Gasteiger partial charge >= 0.3 is 0 Å². The number of carbonyl (C=O) groups is 1. The maximum atomic E-state index is 12.3. The van der Waals surface area contributed by atoms with E-state index in [9.17, 15) is 4.79 Å². The molecule has 1 N–H and O–H groups in total. The van der Waals surface area contributed by atoms with Gasteiger partial charge in [0.15, 0.2) is 5.78 Å². The van der Waals surface area contributed by atoms with Gasteiger partial charge in [0, 0.05) is 11.6 Å². The standard InChI is InChI=1S/C16H23NO2/c1-10(2)19-15-8-5-13(9-11(15)3)16(18)12(4)17-14-6-7-14/h5,8-10,12,14,17H,6-7H2,1-4H3. The molecule has 3 nitrogen and oxygen atoms in total. The van der Waals surface area contributed by atoms with E-state index in [2.05, 4.69) is 5.32 Å². The van der Waals surface area contributed by atoms with E-state index < -0.39 is 0 Å². The zero-order valence-corrected chi connectivity index (χ0v) is 12.2. The lowest BCUT2D eigenvalue weighted by Crippen LogP contribution is -2.35. The van der Waals surface area contributed by atoms with Crippen molar-refractivity contribution in [3.63, 3.8) is 0 Å². The van der Waals surface area contributed by atoms with E-state index in [-0.39, 0.29) is 17.9 Å². The third kappa shape index (κ3) is 3.80. The van der Waals surface area contributed by atoms with Crippen LogP contribution in [0, 0.1) is 6.92 Å². The van der Waals surface area contributed by atoms with Crippen LogP contribution in [0.5, 0.6) is 5.75 Å². The summed E-state index contributed by atoms with van der Waals surface area (Å²) >= 11 is 0. The number of ether oxygens (including phenoxy) is 1. The third-order valence-corrected chi connectivity index (χ3v) is 3.28. The molecule has 3 heteroatoms. The first-order valence-corrected chi connectivity index (χ1v) is 7.05. The van der Waals surface area contributed by atoms with Crippen molar-refractivity contribution in [2.45, 2.75) is 58.7 Å². The van der Waals surface area contributed by atoms with Gasteiger partial charge < -0.3 is 10.1 Å². The Labute approximate surface area is 115 Å². The summed E-state index contributed by atoms with van der Waals surface area (Å²) in [5.74, 6) is 1.01. The third-order valence-electron chi connectivity index (χ3n) is 3.28. The van der Waals surface area contributed by atoms with Crippen LogP contribution in [-0.4, -0.2) is 24.0 Å². The molecule has 0 aliphatic heterocycles. The van der Waals surface area contributed by atoms with Crippen LogP contribution in [0.1, 0.15) is 49.5 Å². The summed E-state index contributed by atoms with van der Waals surface area (Å²) < 4.78 is 5.69. The number of ketones is 1. The van der Waals surface area contributed by atoms with Crippen molar-refractivity contribution in [2.24, 2.45) is 0 Å². The van der Waals surface area contributed by atoms with E-state index in [1.807, 2.05) is 45.9 Å². The first kappa shape index (κ1) is 14.1. The van der Waals surface area contributed by atoms with Gasteiger partial charge in [-0.05, 0) is 64.3 Å². The summed E-state index contributed by atoms with van der Waals surface area (Å²) in [6.07, 6.45) is 2.53. The van der Waals surface area contributed by atoms with E-state index in [0.717, 1.165) is 16.9 Å². The molecule has 0 aromatic heterocycles. The smallest absolute Gasteiger partial charge is 0.179 e. The van der Waals surface area contributed by atoms with Crippen LogP contribution in [0.4, 0.5) is 0 Å². The molecule has 1 fully saturated rings. The van der Waals surface area contributed by atoms with Crippen LogP contribution in [0.15, 0.2) is 18.2 Å². The molecule has 104 valence electrons. The molecule has 0 heterocycles. The van der Waals surface area contributed by atoms with E-state index in [1.165, 1.54) is 12.8 Å². The molecule has 1 aromatic carbocycles. The largest absolute Gasteiger partial charge is 0.491 e. The second-order valence-corrected chi connectivity index (χ2v) is 5.67. The monoisotopic (exact) mass is 261 g/mol. The first-order chi connectivity index (χ1) is 8.97. The lowest BCUT2D eigenvalue weighted by atomic mass is 10.0. The number of rotatable bonds is 6. The van der Waals surface area contributed by atoms with Crippen LogP contribution in [0.3, 0.4) is 0 Å². The maximum absolute atomic E-state index is 12.3. The summed E-state index contributed by atoms with van der Waals surface area (Å²) in [5, 5.41) is 3.34. The minimum Gasteiger partial charge on any atom is -0.491 e. The normalized spacial score (nSPS) is 16.5. The number of Topliss-reactive ketones (excluding diaryl/α,β-unsaturated/α-hetero) is 1. The van der Waals surface area contributed by atoms with Crippen molar-refractivity contribution in [1.82, 2.24) is 5.32 Å². The van der Waals surface area contributed by atoms with Crippen LogP contribution >= 0.6 is 0 Å². The maximum Gasteiger partial charge on any atom is 0.179 e. The Morgan fingerprint density at radius 2 is 2.00 bits per heavy atom. The second kappa shape index (κ2) is 5.74. The van der Waals surface area contributed by atoms with Crippen molar-refractivity contribution < 1.29 is 9.53 Å². The molecule has 0 radical (unpaired) electrons. The lowest BCUT2D eigenvalue weighted by molar-refractivity contribution is 0.0950. The average molecular weight is 261 g/mol. The van der Waals surface area contributed by atoms with Gasteiger partial charge in [0.1, 0.15) is 5.75 Å². The van der Waals surface area contributed by atoms with Gasteiger partial charge in [-0.1, -0.05) is 0 Å². The minimum absolute atomic E-state index is 0.108. The Balaban J connectivity index is 2.07. The zero-order chi connectivity index (χ0) is 14.0. The van der Waals surface area contributed by atoms with E-state index in [0.29, 0.717) is 6.04 Å². The average Bonchev–Trinajstić information content (AvgIpc) is 3.14. The van der Waals surface area contributed by atoms with E-state index in [4.69, 9.17) is 4.74 Å². The van der Waals surface area contributed by atoms with Gasteiger partial charge in [0.25, 0.3) is 0 Å². The number of hydrogen-bond donors (Lipinski definition) is 1. The molecule has 1 aliphatic carbocycles. The number of nitrogens with one attached hydrogen (secondary N) is 1. The molecular weight excluding hydrogens is 238 g/mol. The van der Waals surface area contributed by atoms with Gasteiger partial charge in [-0.2, -0.15) is 0 Å². The summed E-state index contributed by atoms with van der Waals surface area (Å²) in [6, 6.07) is 6.11. The Morgan fingerprint density at radius 1 is 1.32 bits per heavy atom. The molecule has 19 heavy (non-hydrogen) atoms. The van der Waals surface area contributed by atoms with Crippen molar-refractivity contribution in [3.05, 3.63) is 29.3 Å². The number of aryl methyl sites for hydroxylation is 1. The summed E-state index contributed by atoms with van der Waals surface area (Å²) in [7, 11) is 0. The predicted octanol–water partition coefficient (Wildman–Crippen LogP) is 3.11. The van der Waals surface area contributed by atoms with Crippen LogP contribution < -0.4 is 10.1 Å². The molecular formula is C16H23NO2. The van der Waals surface area contributed by atoms with Crippen LogP contribution in [0.2, 0.25) is 0 Å². The van der Waals surface area contributed by atoms with Crippen LogP contribution in [0.25, 0.3) is 0 Å². The van der Waals surface area contributed by atoms with Gasteiger partial charge in [-0.25, -0.2) is 0 Å². The summed E-state index contributed by atoms with van der Waals surface area (Å²) in [4.78, 5) is 12.3. The molecule has 1 saturated carbocycles. The zero-order valence-electron chi connectivity index (χ0n) is 12.2. The topological polar surface area (TPSA) is 38.3 Å². The van der Waals surface area contributed by atoms with Crippen LogP contribution in [-0.2, 0) is 0 Å². The fourth-order valence-electron chi connectivity index (χ4n) is 2.12. The number of hydrogen-bond acceptors (Lipinski definition) is 3. The van der Waals surface area contributed by atoms with Gasteiger partial charge in [0.05, 0.1) is 12.1 Å². The van der Waals surface area contributed by atoms with Crippen molar-refractivity contribution in [2.75, 3.05) is 0 Å². The SMILES string of the molecule is Cc1cc(C(=O)C(C)NC2CC2)ccc1OC(C)C. The summed E-state index contributed by atoms with van der Waals surface area (Å²) in [6.45, 7) is 7.92. The first-order valence-electron chi connectivity index (χ1n) is 7.05. The Bertz CT molecular complexity index is 464. The van der Waals surface area contributed by atoms with Crippen molar-refractivity contribution >= 4 is 5.78 Å². The van der Waals surface area contributed by atoms with Crippen molar-refractivity contribution in [3.8, 4) is 5.75 Å². The molecule has 2 rings (SSSR count). The van der Waals surface area contributed by atoms with Gasteiger partial charge in [-0.15, -0.1) is 0 Å². The van der Waals surface area contributed by atoms with Gasteiger partial charge in [0.2, 0.25) is 0 Å². The molecule has 1 aromatic rings. The predicted molar refractivity (Wildman–Crippen MR) is 76.9 cm³/mol. The lowest BCUT2D eigenvalue weighted by Gasteiger charge is -2.15. The summed E-state index contributed by atoms with van der Waals surface area (Å²) in [5.41, 5.74) is 1.77. The molecule has 0 bridgehead atoms. The Hall–Kier alpha value is -1.35. The Kier molecular flexibility index (Phi) is 4.25. The molecule has 1 atom stereocenters. The molecule has 0 amide bonds. The number of carbonyl (C=O) groups excluding carboxylic acids is 1. The fourth-order valence-corrected chi connectivity index (χ4v) is 2.12. The van der Waals surface area contributed by atoms with E-state index in [1.54, 1.807) is 0 Å². The highest BCUT2D eigenvalue weighted by Crippen LogP contribution is 2.23. The fraction of sp³-hybridized carbons (Fsp3) is 0.562. The molecule has 0 spiro atoms. The Morgan fingerprint density at radius 3 is 2.53 bits per heavy atom.